The Morgan fingerprint density at radius 1 is 0.871 bits per heavy atom. The molecule has 3 aliphatic rings. The molecule has 2 fully saturated rings. The van der Waals surface area contributed by atoms with E-state index in [-0.39, 0.29) is 71.7 Å². The van der Waals surface area contributed by atoms with Crippen LogP contribution < -0.4 is 0 Å². The Morgan fingerprint density at radius 2 is 1.52 bits per heavy atom. The van der Waals surface area contributed by atoms with Crippen molar-refractivity contribution in [2.45, 2.75) is 75.4 Å². The maximum Gasteiger partial charge on any atom is 0.416 e. The first-order valence-corrected chi connectivity index (χ1v) is 21.5. The van der Waals surface area contributed by atoms with Crippen molar-refractivity contribution in [3.05, 3.63) is 104 Å². The Bertz CT molecular complexity index is 2080. The summed E-state index contributed by atoms with van der Waals surface area (Å²) in [5.41, 5.74) is -2.54. The molecule has 1 spiro atoms. The summed E-state index contributed by atoms with van der Waals surface area (Å²) in [5, 5.41) is 0.480. The fourth-order valence-corrected chi connectivity index (χ4v) is 9.35. The van der Waals surface area contributed by atoms with Gasteiger partial charge in [0.05, 0.1) is 40.4 Å². The molecule has 0 N–H and O–H groups in total. The molecule has 2 aliphatic heterocycles. The normalized spacial score (nSPS) is 20.4. The third-order valence-electron chi connectivity index (χ3n) is 12.6. The van der Waals surface area contributed by atoms with Gasteiger partial charge in [-0.1, -0.05) is 67.4 Å². The minimum atomic E-state index is -5.12. The van der Waals surface area contributed by atoms with Crippen LogP contribution >= 0.6 is 23.2 Å². The molecule has 17 heteroatoms. The lowest BCUT2D eigenvalue weighted by molar-refractivity contribution is -0.143. The van der Waals surface area contributed by atoms with Crippen LogP contribution in [-0.2, 0) is 48.9 Å². The number of halogens is 8. The highest BCUT2D eigenvalue weighted by Gasteiger charge is 2.50. The zero-order chi connectivity index (χ0) is 45.2. The first-order valence-electron chi connectivity index (χ1n) is 20.7. The van der Waals surface area contributed by atoms with Gasteiger partial charge < -0.3 is 29.1 Å². The molecule has 6 rings (SSSR count). The van der Waals surface area contributed by atoms with E-state index in [1.54, 1.807) is 42.1 Å². The van der Waals surface area contributed by atoms with Crippen LogP contribution in [0.5, 0.6) is 0 Å². The lowest BCUT2D eigenvalue weighted by Crippen LogP contribution is -2.54. The highest BCUT2D eigenvalue weighted by molar-refractivity contribution is 6.42. The highest BCUT2D eigenvalue weighted by atomic mass is 35.5. The number of morpholine rings is 1. The van der Waals surface area contributed by atoms with Crippen LogP contribution in [0.25, 0.3) is 0 Å². The molecule has 338 valence electrons. The van der Waals surface area contributed by atoms with Gasteiger partial charge in [-0.2, -0.15) is 26.3 Å². The third kappa shape index (κ3) is 10.5. The van der Waals surface area contributed by atoms with Crippen LogP contribution in [0.3, 0.4) is 0 Å². The number of amides is 3. The molecule has 0 aromatic heterocycles. The van der Waals surface area contributed by atoms with Crippen LogP contribution in [0.2, 0.25) is 10.0 Å². The predicted octanol–water partition coefficient (Wildman–Crippen LogP) is 8.73. The van der Waals surface area contributed by atoms with Crippen LogP contribution in [0, 0.1) is 5.92 Å². The van der Waals surface area contributed by atoms with Crippen LogP contribution in [0.15, 0.2) is 60.7 Å². The Balaban J connectivity index is 1.15. The van der Waals surface area contributed by atoms with Gasteiger partial charge in [-0.3, -0.25) is 14.4 Å². The molecule has 1 aliphatic carbocycles. The number of benzene rings is 3. The van der Waals surface area contributed by atoms with Gasteiger partial charge in [0, 0.05) is 57.2 Å². The van der Waals surface area contributed by atoms with Gasteiger partial charge in [-0.25, -0.2) is 0 Å². The number of likely N-dealkylation sites (N-methyl/N-ethyl adjacent to an activating group) is 1. The number of hydrogen-bond acceptors (Lipinski definition) is 6. The van der Waals surface area contributed by atoms with E-state index in [4.69, 9.17) is 32.7 Å². The molecule has 0 saturated carbocycles. The van der Waals surface area contributed by atoms with Crippen molar-refractivity contribution >= 4 is 40.9 Å². The van der Waals surface area contributed by atoms with Gasteiger partial charge in [0.2, 0.25) is 11.8 Å². The summed E-state index contributed by atoms with van der Waals surface area (Å²) in [4.78, 5) is 46.2. The molecule has 2 atom stereocenters. The van der Waals surface area contributed by atoms with Gasteiger partial charge >= 0.3 is 12.4 Å². The monoisotopic (exact) mass is 912 g/mol. The van der Waals surface area contributed by atoms with Gasteiger partial charge in [-0.05, 0) is 92.2 Å². The Kier molecular flexibility index (Phi) is 14.6. The van der Waals surface area contributed by atoms with Crippen molar-refractivity contribution in [1.82, 2.24) is 19.6 Å². The highest BCUT2D eigenvalue weighted by Crippen LogP contribution is 2.48. The number of carbonyl (C=O) groups excluding carboxylic acids is 3. The maximum absolute atomic E-state index is 13.9. The molecule has 3 aromatic carbocycles. The molecular formula is C45H52Cl2F6N4O5. The first kappa shape index (κ1) is 47.6. The van der Waals surface area contributed by atoms with E-state index < -0.39 is 40.6 Å². The second-order valence-corrected chi connectivity index (χ2v) is 17.8. The fourth-order valence-electron chi connectivity index (χ4n) is 9.05. The van der Waals surface area contributed by atoms with Crippen molar-refractivity contribution in [2.24, 2.45) is 5.92 Å². The first-order chi connectivity index (χ1) is 29.1. The Morgan fingerprint density at radius 3 is 2.15 bits per heavy atom. The molecule has 62 heavy (non-hydrogen) atoms. The van der Waals surface area contributed by atoms with Crippen LogP contribution in [-0.4, -0.2) is 117 Å². The standard InChI is InChI=1S/C45H52Cl2F6N4O5/c1-29(2)40(59)55(4)16-7-15-54(3)39(58)27-61-38-24-30-8-5-6-9-35(30)42(38)12-17-56(18-13-42)19-14-43(32-10-11-36(46)37(47)26-32)28-57(20-21-62-43)41(60)31-22-33(44(48,49)50)25-34(23-31)45(51,52)53/h5-6,8-11,22-23,25-26,29,38H,7,12-21,24,27-28H2,1-4H3/t38-,43-/m0/s1. The molecular weight excluding hydrogens is 861 g/mol. The molecule has 2 saturated heterocycles. The van der Waals surface area contributed by atoms with Gasteiger partial charge in [0.15, 0.2) is 0 Å². The third-order valence-corrected chi connectivity index (χ3v) is 13.3. The summed E-state index contributed by atoms with van der Waals surface area (Å²) in [6.07, 6.45) is -7.45. The van der Waals surface area contributed by atoms with Crippen molar-refractivity contribution in [2.75, 3.05) is 73.1 Å². The summed E-state index contributed by atoms with van der Waals surface area (Å²) < 4.78 is 95.4. The number of carbonyl (C=O) groups is 3. The molecule has 3 amide bonds. The van der Waals surface area contributed by atoms with Gasteiger partial charge in [0.25, 0.3) is 5.91 Å². The zero-order valence-electron chi connectivity index (χ0n) is 35.2. The van der Waals surface area contributed by atoms with E-state index in [9.17, 15) is 40.7 Å². The molecule has 9 nitrogen and oxygen atoms in total. The average Bonchev–Trinajstić information content (AvgIpc) is 3.53. The number of piperidine rings is 1. The minimum Gasteiger partial charge on any atom is -0.367 e. The number of nitrogens with zero attached hydrogens (tertiary/aromatic N) is 4. The van der Waals surface area contributed by atoms with Gasteiger partial charge in [0.1, 0.15) is 12.2 Å². The van der Waals surface area contributed by atoms with E-state index in [2.05, 4.69) is 17.0 Å². The summed E-state index contributed by atoms with van der Waals surface area (Å²) in [6.45, 7) is 6.12. The number of fused-ring (bicyclic) bond motifs is 2. The number of rotatable bonds is 13. The summed E-state index contributed by atoms with van der Waals surface area (Å²) in [5.74, 6) is -1.19. The molecule has 0 unspecified atom stereocenters. The maximum atomic E-state index is 13.9. The molecule has 3 aromatic rings. The lowest BCUT2D eigenvalue weighted by atomic mass is 9.72. The van der Waals surface area contributed by atoms with E-state index in [0.717, 1.165) is 12.8 Å². The summed E-state index contributed by atoms with van der Waals surface area (Å²) >= 11 is 12.7. The molecule has 2 heterocycles. The van der Waals surface area contributed by atoms with Crippen LogP contribution in [0.4, 0.5) is 26.3 Å². The minimum absolute atomic E-state index is 0.00226. The van der Waals surface area contributed by atoms with Crippen molar-refractivity contribution in [3.8, 4) is 0 Å². The molecule has 0 radical (unpaired) electrons. The zero-order valence-corrected chi connectivity index (χ0v) is 36.7. The average molecular weight is 914 g/mol. The SMILES string of the molecule is CC(C)C(=O)N(C)CCCN(C)C(=O)CO[C@H]1Cc2ccccc2C12CCN(CC[C@@]1(c3ccc(Cl)c(Cl)c3)CN(C(=O)c3cc(C(F)(F)F)cc(C(F)(F)F)c3)CCO1)CC2. The fraction of sp³-hybridized carbons (Fsp3) is 0.533. The summed E-state index contributed by atoms with van der Waals surface area (Å²) in [7, 11) is 3.50. The Hall–Kier alpha value is -3.89. The van der Waals surface area contributed by atoms with Crippen LogP contribution in [0.1, 0.15) is 77.7 Å². The Labute approximate surface area is 368 Å². The number of alkyl halides is 6. The summed E-state index contributed by atoms with van der Waals surface area (Å²) in [6, 6.07) is 14.0. The van der Waals surface area contributed by atoms with Crippen molar-refractivity contribution in [1.29, 1.82) is 0 Å². The second-order valence-electron chi connectivity index (χ2n) is 17.0. The van der Waals surface area contributed by atoms with E-state index in [1.807, 2.05) is 26.0 Å². The topological polar surface area (TPSA) is 82.6 Å². The van der Waals surface area contributed by atoms with Gasteiger partial charge in [-0.15, -0.1) is 0 Å². The van der Waals surface area contributed by atoms with Crippen molar-refractivity contribution < 1.29 is 50.2 Å². The van der Waals surface area contributed by atoms with Crippen molar-refractivity contribution in [3.63, 3.8) is 0 Å². The molecule has 0 bridgehead atoms. The lowest BCUT2D eigenvalue weighted by Gasteiger charge is -2.46. The number of ether oxygens (including phenoxy) is 2. The van der Waals surface area contributed by atoms with E-state index >= 15 is 0 Å². The van der Waals surface area contributed by atoms with E-state index in [1.165, 1.54) is 16.0 Å². The quantitative estimate of drug-likeness (QED) is 0.160. The smallest absolute Gasteiger partial charge is 0.367 e. The second kappa shape index (κ2) is 19.1. The number of hydrogen-bond donors (Lipinski definition) is 0. The number of likely N-dealkylation sites (tertiary alicyclic amines) is 1. The largest absolute Gasteiger partial charge is 0.416 e. The predicted molar refractivity (Wildman–Crippen MR) is 223 cm³/mol. The van der Waals surface area contributed by atoms with E-state index in [0.29, 0.717) is 69.7 Å².